The monoisotopic (exact) mass is 249 g/mol. The SMILES string of the molecule is CCCn1cccc1C(=O)NCC1CCCCN1. The summed E-state index contributed by atoms with van der Waals surface area (Å²) in [5, 5.41) is 6.47. The molecule has 18 heavy (non-hydrogen) atoms. The van der Waals surface area contributed by atoms with Crippen LogP contribution in [-0.2, 0) is 6.54 Å². The fourth-order valence-corrected chi connectivity index (χ4v) is 2.46. The van der Waals surface area contributed by atoms with Crippen molar-refractivity contribution in [3.8, 4) is 0 Å². The third kappa shape index (κ3) is 3.35. The summed E-state index contributed by atoms with van der Waals surface area (Å²) < 4.78 is 2.02. The van der Waals surface area contributed by atoms with Gasteiger partial charge in [0.05, 0.1) is 0 Å². The van der Waals surface area contributed by atoms with Crippen LogP contribution in [0.1, 0.15) is 43.1 Å². The fraction of sp³-hybridized carbons (Fsp3) is 0.643. The summed E-state index contributed by atoms with van der Waals surface area (Å²) in [7, 11) is 0. The minimum atomic E-state index is 0.0424. The molecule has 1 fully saturated rings. The van der Waals surface area contributed by atoms with Gasteiger partial charge in [0, 0.05) is 25.3 Å². The number of nitrogens with one attached hydrogen (secondary N) is 2. The van der Waals surface area contributed by atoms with Crippen molar-refractivity contribution in [2.45, 2.75) is 45.2 Å². The highest BCUT2D eigenvalue weighted by atomic mass is 16.1. The second-order valence-corrected chi connectivity index (χ2v) is 4.94. The molecule has 4 heteroatoms. The molecule has 1 atom stereocenters. The van der Waals surface area contributed by atoms with Gasteiger partial charge in [-0.05, 0) is 37.9 Å². The number of hydrogen-bond donors (Lipinski definition) is 2. The van der Waals surface area contributed by atoms with Crippen molar-refractivity contribution < 1.29 is 4.79 Å². The second kappa shape index (κ2) is 6.59. The molecule has 1 aliphatic rings. The van der Waals surface area contributed by atoms with E-state index >= 15 is 0 Å². The van der Waals surface area contributed by atoms with E-state index in [1.165, 1.54) is 12.8 Å². The van der Waals surface area contributed by atoms with Crippen LogP contribution >= 0.6 is 0 Å². The van der Waals surface area contributed by atoms with Crippen LogP contribution in [0.4, 0.5) is 0 Å². The summed E-state index contributed by atoms with van der Waals surface area (Å²) in [6.07, 6.45) is 6.69. The van der Waals surface area contributed by atoms with E-state index in [0.29, 0.717) is 6.04 Å². The summed E-state index contributed by atoms with van der Waals surface area (Å²) in [6.45, 7) is 4.83. The van der Waals surface area contributed by atoms with E-state index in [4.69, 9.17) is 0 Å². The molecule has 2 N–H and O–H groups in total. The van der Waals surface area contributed by atoms with Crippen molar-refractivity contribution in [3.05, 3.63) is 24.0 Å². The van der Waals surface area contributed by atoms with Crippen molar-refractivity contribution in [1.82, 2.24) is 15.2 Å². The first-order valence-electron chi connectivity index (χ1n) is 6.98. The van der Waals surface area contributed by atoms with Crippen LogP contribution in [-0.4, -0.2) is 29.6 Å². The molecular formula is C14H23N3O. The number of carbonyl (C=O) groups excluding carboxylic acids is 1. The number of rotatable bonds is 5. The van der Waals surface area contributed by atoms with Crippen LogP contribution in [0, 0.1) is 0 Å². The number of aryl methyl sites for hydroxylation is 1. The average molecular weight is 249 g/mol. The molecule has 1 saturated heterocycles. The third-order valence-electron chi connectivity index (χ3n) is 3.45. The number of piperidine rings is 1. The molecule has 2 heterocycles. The first kappa shape index (κ1) is 13.1. The number of nitrogens with zero attached hydrogens (tertiary/aromatic N) is 1. The van der Waals surface area contributed by atoms with E-state index in [0.717, 1.165) is 38.2 Å². The van der Waals surface area contributed by atoms with Gasteiger partial charge in [0.15, 0.2) is 0 Å². The number of aromatic nitrogens is 1. The lowest BCUT2D eigenvalue weighted by atomic mass is 10.1. The summed E-state index contributed by atoms with van der Waals surface area (Å²) in [4.78, 5) is 12.1. The van der Waals surface area contributed by atoms with Gasteiger partial charge < -0.3 is 15.2 Å². The Labute approximate surface area is 109 Å². The van der Waals surface area contributed by atoms with E-state index in [1.54, 1.807) is 0 Å². The molecule has 0 radical (unpaired) electrons. The van der Waals surface area contributed by atoms with Gasteiger partial charge in [-0.2, -0.15) is 0 Å². The highest BCUT2D eigenvalue weighted by Crippen LogP contribution is 2.07. The lowest BCUT2D eigenvalue weighted by Crippen LogP contribution is -2.43. The van der Waals surface area contributed by atoms with Gasteiger partial charge in [-0.3, -0.25) is 4.79 Å². The van der Waals surface area contributed by atoms with E-state index in [9.17, 15) is 4.79 Å². The molecule has 0 bridgehead atoms. The van der Waals surface area contributed by atoms with Crippen LogP contribution in [0.15, 0.2) is 18.3 Å². The Bertz CT molecular complexity index is 380. The van der Waals surface area contributed by atoms with Crippen LogP contribution in [0.5, 0.6) is 0 Å². The molecule has 2 rings (SSSR count). The zero-order valence-electron chi connectivity index (χ0n) is 11.1. The van der Waals surface area contributed by atoms with Crippen molar-refractivity contribution in [1.29, 1.82) is 0 Å². The van der Waals surface area contributed by atoms with Gasteiger partial charge in [-0.1, -0.05) is 13.3 Å². The summed E-state index contributed by atoms with van der Waals surface area (Å²) in [5.74, 6) is 0.0424. The maximum absolute atomic E-state index is 12.1. The zero-order valence-corrected chi connectivity index (χ0v) is 11.1. The number of amides is 1. The maximum atomic E-state index is 12.1. The van der Waals surface area contributed by atoms with Crippen LogP contribution in [0.3, 0.4) is 0 Å². The lowest BCUT2D eigenvalue weighted by molar-refractivity contribution is 0.0938. The highest BCUT2D eigenvalue weighted by Gasteiger charge is 2.15. The summed E-state index contributed by atoms with van der Waals surface area (Å²) in [6, 6.07) is 4.26. The third-order valence-corrected chi connectivity index (χ3v) is 3.45. The largest absolute Gasteiger partial charge is 0.349 e. The van der Waals surface area contributed by atoms with E-state index in [1.807, 2.05) is 22.9 Å². The van der Waals surface area contributed by atoms with Gasteiger partial charge in [-0.15, -0.1) is 0 Å². The molecule has 1 aromatic heterocycles. The molecule has 0 spiro atoms. The Hall–Kier alpha value is -1.29. The number of carbonyl (C=O) groups is 1. The second-order valence-electron chi connectivity index (χ2n) is 4.94. The first-order valence-corrected chi connectivity index (χ1v) is 6.98. The van der Waals surface area contributed by atoms with Crippen molar-refractivity contribution >= 4 is 5.91 Å². The molecule has 100 valence electrons. The quantitative estimate of drug-likeness (QED) is 0.835. The fourth-order valence-electron chi connectivity index (χ4n) is 2.46. The Morgan fingerprint density at radius 2 is 2.44 bits per heavy atom. The minimum absolute atomic E-state index is 0.0424. The van der Waals surface area contributed by atoms with Crippen LogP contribution < -0.4 is 10.6 Å². The number of hydrogen-bond acceptors (Lipinski definition) is 2. The predicted octanol–water partition coefficient (Wildman–Crippen LogP) is 1.77. The van der Waals surface area contributed by atoms with Crippen molar-refractivity contribution in [2.75, 3.05) is 13.1 Å². The van der Waals surface area contributed by atoms with Gasteiger partial charge in [0.25, 0.3) is 5.91 Å². The standard InChI is InChI=1S/C14H23N3O/c1-2-9-17-10-5-7-13(17)14(18)16-11-12-6-3-4-8-15-12/h5,7,10,12,15H,2-4,6,8-9,11H2,1H3,(H,16,18). The normalized spacial score (nSPS) is 19.7. The Balaban J connectivity index is 1.84. The molecule has 1 unspecified atom stereocenters. The summed E-state index contributed by atoms with van der Waals surface area (Å²) >= 11 is 0. The van der Waals surface area contributed by atoms with Gasteiger partial charge in [-0.25, -0.2) is 0 Å². The zero-order chi connectivity index (χ0) is 12.8. The van der Waals surface area contributed by atoms with E-state index in [-0.39, 0.29) is 5.91 Å². The molecule has 1 aliphatic heterocycles. The lowest BCUT2D eigenvalue weighted by Gasteiger charge is -2.23. The smallest absolute Gasteiger partial charge is 0.267 e. The Morgan fingerprint density at radius 3 is 3.17 bits per heavy atom. The van der Waals surface area contributed by atoms with Crippen LogP contribution in [0.2, 0.25) is 0 Å². The van der Waals surface area contributed by atoms with E-state index < -0.39 is 0 Å². The summed E-state index contributed by atoms with van der Waals surface area (Å²) in [5.41, 5.74) is 0.771. The molecule has 1 amide bonds. The molecule has 0 aromatic carbocycles. The van der Waals surface area contributed by atoms with E-state index in [2.05, 4.69) is 17.6 Å². The van der Waals surface area contributed by atoms with Gasteiger partial charge in [0.1, 0.15) is 5.69 Å². The molecule has 4 nitrogen and oxygen atoms in total. The van der Waals surface area contributed by atoms with Crippen molar-refractivity contribution in [2.24, 2.45) is 0 Å². The molecule has 1 aromatic rings. The molecular weight excluding hydrogens is 226 g/mol. The van der Waals surface area contributed by atoms with Gasteiger partial charge in [0.2, 0.25) is 0 Å². The maximum Gasteiger partial charge on any atom is 0.267 e. The predicted molar refractivity (Wildman–Crippen MR) is 72.7 cm³/mol. The minimum Gasteiger partial charge on any atom is -0.349 e. The Morgan fingerprint density at radius 1 is 1.56 bits per heavy atom. The Kier molecular flexibility index (Phi) is 4.81. The van der Waals surface area contributed by atoms with Crippen molar-refractivity contribution in [3.63, 3.8) is 0 Å². The van der Waals surface area contributed by atoms with Gasteiger partial charge >= 0.3 is 0 Å². The first-order chi connectivity index (χ1) is 8.81. The average Bonchev–Trinajstić information content (AvgIpc) is 2.86. The van der Waals surface area contributed by atoms with Crippen LogP contribution in [0.25, 0.3) is 0 Å². The molecule has 0 saturated carbocycles. The topological polar surface area (TPSA) is 46.1 Å². The molecule has 0 aliphatic carbocycles. The highest BCUT2D eigenvalue weighted by molar-refractivity contribution is 5.92.